The third kappa shape index (κ3) is 3.75. The molecule has 1 aliphatic heterocycles. The van der Waals surface area contributed by atoms with Gasteiger partial charge in [-0.1, -0.05) is 25.1 Å². The lowest BCUT2D eigenvalue weighted by atomic mass is 10.1. The molecule has 0 saturated carbocycles. The molecule has 1 N–H and O–H groups in total. The van der Waals surface area contributed by atoms with Crippen molar-refractivity contribution in [3.05, 3.63) is 46.4 Å². The third-order valence-corrected chi connectivity index (χ3v) is 6.37. The van der Waals surface area contributed by atoms with Crippen LogP contribution in [0.5, 0.6) is 0 Å². The van der Waals surface area contributed by atoms with Gasteiger partial charge in [0.05, 0.1) is 16.4 Å². The van der Waals surface area contributed by atoms with Crippen molar-refractivity contribution in [3.63, 3.8) is 0 Å². The number of nitrogens with one attached hydrogen (secondary N) is 1. The van der Waals surface area contributed by atoms with Gasteiger partial charge in [0, 0.05) is 52.2 Å². The zero-order chi connectivity index (χ0) is 21.3. The predicted molar refractivity (Wildman–Crippen MR) is 121 cm³/mol. The van der Waals surface area contributed by atoms with Gasteiger partial charge in [-0.3, -0.25) is 9.59 Å². The molecule has 7 nitrogen and oxygen atoms in total. The summed E-state index contributed by atoms with van der Waals surface area (Å²) in [6, 6.07) is 9.54. The Morgan fingerprint density at radius 3 is 2.43 bits per heavy atom. The van der Waals surface area contributed by atoms with Crippen molar-refractivity contribution in [1.82, 2.24) is 24.3 Å². The fourth-order valence-electron chi connectivity index (χ4n) is 4.49. The normalized spacial score (nSPS) is 15.8. The number of nitrogens with zero attached hydrogens (tertiary/aromatic N) is 4. The van der Waals surface area contributed by atoms with E-state index in [0.717, 1.165) is 62.1 Å². The van der Waals surface area contributed by atoms with Crippen LogP contribution >= 0.6 is 0 Å². The number of carbonyl (C=O) groups is 1. The number of pyridine rings is 1. The highest BCUT2D eigenvalue weighted by Crippen LogP contribution is 2.24. The first kappa shape index (κ1) is 20.6. The minimum Gasteiger partial charge on any atom is -0.351 e. The number of piperazine rings is 1. The van der Waals surface area contributed by atoms with Crippen molar-refractivity contribution >= 4 is 27.7 Å². The molecule has 1 aromatic carbocycles. The molecule has 7 heteroatoms. The van der Waals surface area contributed by atoms with E-state index < -0.39 is 0 Å². The zero-order valence-corrected chi connectivity index (χ0v) is 18.1. The van der Waals surface area contributed by atoms with Gasteiger partial charge in [-0.2, -0.15) is 0 Å². The molecule has 0 aliphatic carbocycles. The second kappa shape index (κ2) is 8.62. The lowest BCUT2D eigenvalue weighted by Crippen LogP contribution is -2.46. The monoisotopic (exact) mass is 409 g/mol. The summed E-state index contributed by atoms with van der Waals surface area (Å²) in [4.78, 5) is 30.6. The zero-order valence-electron chi connectivity index (χ0n) is 18.1. The van der Waals surface area contributed by atoms with E-state index in [1.54, 1.807) is 17.7 Å². The van der Waals surface area contributed by atoms with Gasteiger partial charge >= 0.3 is 0 Å². The van der Waals surface area contributed by atoms with E-state index in [1.165, 1.54) is 0 Å². The molecule has 1 amide bonds. The van der Waals surface area contributed by atoms with E-state index >= 15 is 0 Å². The third-order valence-electron chi connectivity index (χ3n) is 6.37. The van der Waals surface area contributed by atoms with Crippen molar-refractivity contribution in [2.75, 3.05) is 45.8 Å². The number of rotatable bonds is 6. The molecule has 0 unspecified atom stereocenters. The highest BCUT2D eigenvalue weighted by atomic mass is 16.2. The number of hydrogen-bond donors (Lipinski definition) is 1. The second-order valence-electron chi connectivity index (χ2n) is 8.12. The van der Waals surface area contributed by atoms with Gasteiger partial charge in [0.2, 0.25) is 0 Å². The number of benzene rings is 1. The minimum absolute atomic E-state index is 0.0791. The molecule has 0 atom stereocenters. The van der Waals surface area contributed by atoms with Crippen LogP contribution in [0.3, 0.4) is 0 Å². The summed E-state index contributed by atoms with van der Waals surface area (Å²) >= 11 is 0. The maximum Gasteiger partial charge on any atom is 0.267 e. The summed E-state index contributed by atoms with van der Waals surface area (Å²) in [5.41, 5.74) is 2.12. The van der Waals surface area contributed by atoms with Crippen molar-refractivity contribution in [1.29, 1.82) is 0 Å². The maximum atomic E-state index is 12.8. The van der Waals surface area contributed by atoms with E-state index in [-0.39, 0.29) is 11.5 Å². The van der Waals surface area contributed by atoms with E-state index in [4.69, 9.17) is 0 Å². The van der Waals surface area contributed by atoms with Crippen LogP contribution in [0.1, 0.15) is 23.8 Å². The standard InChI is InChI=1S/C23H31N5O2/c1-4-27-12-14-28(15-13-27)11-7-10-24-22(29)20-16-18-21(25(20)2)17-8-5-6-9-19(17)26(3)23(18)30/h5-6,8-9,16H,4,7,10-15H2,1-3H3,(H,24,29). The highest BCUT2D eigenvalue weighted by Gasteiger charge is 2.19. The van der Waals surface area contributed by atoms with Gasteiger partial charge in [0.15, 0.2) is 0 Å². The van der Waals surface area contributed by atoms with Gasteiger partial charge in [0.1, 0.15) is 5.69 Å². The van der Waals surface area contributed by atoms with Gasteiger partial charge in [-0.05, 0) is 31.6 Å². The Bertz CT molecular complexity index is 1120. The molecule has 0 bridgehead atoms. The van der Waals surface area contributed by atoms with E-state index in [9.17, 15) is 9.59 Å². The quantitative estimate of drug-likeness (QED) is 0.631. The number of para-hydroxylation sites is 1. The van der Waals surface area contributed by atoms with E-state index in [2.05, 4.69) is 22.0 Å². The lowest BCUT2D eigenvalue weighted by Gasteiger charge is -2.33. The molecular weight excluding hydrogens is 378 g/mol. The topological polar surface area (TPSA) is 62.5 Å². The van der Waals surface area contributed by atoms with Crippen LogP contribution in [0.25, 0.3) is 21.8 Å². The van der Waals surface area contributed by atoms with Crippen LogP contribution in [0, 0.1) is 0 Å². The molecule has 0 radical (unpaired) electrons. The SMILES string of the molecule is CCN1CCN(CCCNC(=O)c2cc3c(=O)n(C)c4ccccc4c3n2C)CC1. The van der Waals surface area contributed by atoms with Gasteiger partial charge in [-0.25, -0.2) is 0 Å². The van der Waals surface area contributed by atoms with Crippen molar-refractivity contribution < 1.29 is 4.79 Å². The number of aryl methyl sites for hydroxylation is 2. The molecule has 1 aliphatic rings. The summed E-state index contributed by atoms with van der Waals surface area (Å²) in [5, 5.41) is 4.59. The van der Waals surface area contributed by atoms with Crippen LogP contribution in [0.2, 0.25) is 0 Å². The minimum atomic E-state index is -0.129. The van der Waals surface area contributed by atoms with Gasteiger partial charge < -0.3 is 24.3 Å². The molecule has 2 aromatic heterocycles. The Morgan fingerprint density at radius 1 is 1.00 bits per heavy atom. The molecule has 3 heterocycles. The Kier molecular flexibility index (Phi) is 5.92. The summed E-state index contributed by atoms with van der Waals surface area (Å²) in [5.74, 6) is -0.129. The van der Waals surface area contributed by atoms with Gasteiger partial charge in [-0.15, -0.1) is 0 Å². The van der Waals surface area contributed by atoms with Crippen LogP contribution < -0.4 is 10.9 Å². The predicted octanol–water partition coefficient (Wildman–Crippen LogP) is 1.79. The van der Waals surface area contributed by atoms with E-state index in [0.29, 0.717) is 17.6 Å². The Labute approximate surface area is 176 Å². The number of amides is 1. The summed E-state index contributed by atoms with van der Waals surface area (Å²) in [6.07, 6.45) is 0.923. The number of likely N-dealkylation sites (N-methyl/N-ethyl adjacent to an activating group) is 1. The van der Waals surface area contributed by atoms with Crippen molar-refractivity contribution in [2.45, 2.75) is 13.3 Å². The first-order valence-electron chi connectivity index (χ1n) is 10.8. The molecule has 30 heavy (non-hydrogen) atoms. The lowest BCUT2D eigenvalue weighted by molar-refractivity contribution is 0.0940. The Balaban J connectivity index is 1.45. The number of aromatic nitrogens is 2. The van der Waals surface area contributed by atoms with E-state index in [1.807, 2.05) is 35.9 Å². The summed E-state index contributed by atoms with van der Waals surface area (Å²) < 4.78 is 3.50. The Morgan fingerprint density at radius 2 is 1.70 bits per heavy atom. The molecule has 3 aromatic rings. The smallest absolute Gasteiger partial charge is 0.267 e. The fraction of sp³-hybridized carbons (Fsp3) is 0.478. The van der Waals surface area contributed by atoms with Crippen LogP contribution in [-0.4, -0.2) is 70.7 Å². The van der Waals surface area contributed by atoms with Crippen LogP contribution in [0.15, 0.2) is 35.1 Å². The average Bonchev–Trinajstić information content (AvgIpc) is 3.13. The van der Waals surface area contributed by atoms with Crippen LogP contribution in [0.4, 0.5) is 0 Å². The number of carbonyl (C=O) groups excluding carboxylic acids is 1. The molecule has 4 rings (SSSR count). The van der Waals surface area contributed by atoms with Gasteiger partial charge in [0.25, 0.3) is 11.5 Å². The Hall–Kier alpha value is -2.64. The molecule has 160 valence electrons. The second-order valence-corrected chi connectivity index (χ2v) is 8.12. The first-order valence-corrected chi connectivity index (χ1v) is 10.8. The highest BCUT2D eigenvalue weighted by molar-refractivity contribution is 6.08. The number of fused-ring (bicyclic) bond motifs is 3. The summed E-state index contributed by atoms with van der Waals surface area (Å²) in [7, 11) is 3.63. The molecule has 0 spiro atoms. The molecule has 1 fully saturated rings. The molecule has 1 saturated heterocycles. The van der Waals surface area contributed by atoms with Crippen molar-refractivity contribution in [2.24, 2.45) is 14.1 Å². The largest absolute Gasteiger partial charge is 0.351 e. The molecular formula is C23H31N5O2. The average molecular weight is 410 g/mol. The summed E-state index contributed by atoms with van der Waals surface area (Å²) in [6.45, 7) is 9.40. The number of hydrogen-bond acceptors (Lipinski definition) is 4. The maximum absolute atomic E-state index is 12.8. The first-order chi connectivity index (χ1) is 14.5. The van der Waals surface area contributed by atoms with Crippen molar-refractivity contribution in [3.8, 4) is 0 Å². The van der Waals surface area contributed by atoms with Crippen LogP contribution in [-0.2, 0) is 14.1 Å². The fourth-order valence-corrected chi connectivity index (χ4v) is 4.49.